The Hall–Kier alpha value is -2.80. The molecule has 3 aliphatic carbocycles. The Balaban J connectivity index is 1.38. The number of aromatic nitrogens is 3. The van der Waals surface area contributed by atoms with E-state index in [9.17, 15) is 4.79 Å². The molecule has 4 aliphatic rings. The highest BCUT2D eigenvalue weighted by atomic mass is 16.2. The number of carbonyl (C=O) groups excluding carboxylic acids is 1. The number of hydrogen-bond acceptors (Lipinski definition) is 5. The highest BCUT2D eigenvalue weighted by molar-refractivity contribution is 6.32. The molecule has 3 N–H and O–H groups in total. The van der Waals surface area contributed by atoms with Crippen LogP contribution in [0.4, 0.5) is 0 Å². The smallest absolute Gasteiger partial charge is 0.273 e. The van der Waals surface area contributed by atoms with Crippen molar-refractivity contribution in [1.29, 1.82) is 0 Å². The number of rotatable bonds is 8. The molecule has 0 radical (unpaired) electrons. The van der Waals surface area contributed by atoms with Gasteiger partial charge in [0, 0.05) is 29.8 Å². The van der Waals surface area contributed by atoms with E-state index < -0.39 is 0 Å². The Morgan fingerprint density at radius 3 is 2.63 bits per heavy atom. The van der Waals surface area contributed by atoms with Gasteiger partial charge in [0.1, 0.15) is 11.4 Å². The molecule has 0 unspecified atom stereocenters. The SMILES string of the molecule is O=C1NN=C(c2cnccn2)C1=Cc1[nH]c(C2CC2)c(CCNC2CC2)c1C1CC1. The first-order valence-corrected chi connectivity index (χ1v) is 11.1. The molecule has 7 nitrogen and oxygen atoms in total. The zero-order chi connectivity index (χ0) is 20.1. The third-order valence-electron chi connectivity index (χ3n) is 6.43. The number of carbonyl (C=O) groups is 1. The van der Waals surface area contributed by atoms with Crippen LogP contribution in [0.2, 0.25) is 0 Å². The second-order valence-electron chi connectivity index (χ2n) is 8.92. The molecule has 3 fully saturated rings. The van der Waals surface area contributed by atoms with Crippen LogP contribution in [0.25, 0.3) is 6.08 Å². The van der Waals surface area contributed by atoms with Crippen LogP contribution in [0.5, 0.6) is 0 Å². The number of hydrogen-bond donors (Lipinski definition) is 3. The molecule has 3 heterocycles. The van der Waals surface area contributed by atoms with Gasteiger partial charge in [-0.1, -0.05) is 0 Å². The molecule has 1 aliphatic heterocycles. The van der Waals surface area contributed by atoms with Crippen LogP contribution in [-0.2, 0) is 11.2 Å². The van der Waals surface area contributed by atoms with E-state index in [1.807, 2.05) is 6.08 Å². The third kappa shape index (κ3) is 3.47. The summed E-state index contributed by atoms with van der Waals surface area (Å²) in [5, 5.41) is 7.90. The first-order chi connectivity index (χ1) is 14.8. The van der Waals surface area contributed by atoms with Gasteiger partial charge in [-0.3, -0.25) is 14.8 Å². The third-order valence-corrected chi connectivity index (χ3v) is 6.43. The summed E-state index contributed by atoms with van der Waals surface area (Å²) in [4.78, 5) is 24.8. The lowest BCUT2D eigenvalue weighted by molar-refractivity contribution is -0.116. The maximum atomic E-state index is 12.6. The number of amides is 1. The Kier molecular flexibility index (Phi) is 4.30. The van der Waals surface area contributed by atoms with E-state index in [0.717, 1.165) is 24.7 Å². The summed E-state index contributed by atoms with van der Waals surface area (Å²) in [6.45, 7) is 1.03. The molecule has 7 heteroatoms. The van der Waals surface area contributed by atoms with E-state index in [1.165, 1.54) is 55.3 Å². The Bertz CT molecular complexity index is 1040. The molecule has 0 saturated heterocycles. The van der Waals surface area contributed by atoms with Crippen molar-refractivity contribution in [2.24, 2.45) is 5.10 Å². The summed E-state index contributed by atoms with van der Waals surface area (Å²) in [6.07, 6.45) is 15.6. The highest BCUT2D eigenvalue weighted by Gasteiger charge is 2.36. The van der Waals surface area contributed by atoms with Gasteiger partial charge in [-0.2, -0.15) is 5.10 Å². The van der Waals surface area contributed by atoms with Crippen molar-refractivity contribution in [1.82, 2.24) is 25.7 Å². The minimum atomic E-state index is -0.183. The molecule has 154 valence electrons. The van der Waals surface area contributed by atoms with Gasteiger partial charge in [0.2, 0.25) is 0 Å². The minimum absolute atomic E-state index is 0.183. The molecule has 2 aromatic heterocycles. The fraction of sp³-hybridized carbons (Fsp3) is 0.478. The summed E-state index contributed by atoms with van der Waals surface area (Å²) in [5.74, 6) is 1.07. The lowest BCUT2D eigenvalue weighted by Gasteiger charge is -2.08. The molecule has 0 bridgehead atoms. The highest BCUT2D eigenvalue weighted by Crippen LogP contribution is 2.49. The van der Waals surface area contributed by atoms with Crippen molar-refractivity contribution < 1.29 is 4.79 Å². The lowest BCUT2D eigenvalue weighted by Crippen LogP contribution is -2.20. The molecule has 0 spiro atoms. The summed E-state index contributed by atoms with van der Waals surface area (Å²) in [7, 11) is 0. The van der Waals surface area contributed by atoms with E-state index >= 15 is 0 Å². The van der Waals surface area contributed by atoms with Crippen molar-refractivity contribution in [3.8, 4) is 0 Å². The molecule has 6 rings (SSSR count). The first kappa shape index (κ1) is 18.0. The molecule has 30 heavy (non-hydrogen) atoms. The van der Waals surface area contributed by atoms with Crippen LogP contribution in [0.3, 0.4) is 0 Å². The molecule has 0 aromatic carbocycles. The van der Waals surface area contributed by atoms with Crippen LogP contribution >= 0.6 is 0 Å². The maximum Gasteiger partial charge on any atom is 0.273 e. The number of H-pyrrole nitrogens is 1. The van der Waals surface area contributed by atoms with Gasteiger partial charge < -0.3 is 10.3 Å². The Morgan fingerprint density at radius 2 is 1.93 bits per heavy atom. The molecular formula is C23H26N6O. The van der Waals surface area contributed by atoms with E-state index in [2.05, 4.69) is 30.8 Å². The van der Waals surface area contributed by atoms with E-state index in [4.69, 9.17) is 0 Å². The number of hydrazone groups is 1. The predicted molar refractivity (Wildman–Crippen MR) is 114 cm³/mol. The normalized spacial score (nSPS) is 22.5. The lowest BCUT2D eigenvalue weighted by atomic mass is 9.97. The van der Waals surface area contributed by atoms with Crippen molar-refractivity contribution >= 4 is 17.7 Å². The van der Waals surface area contributed by atoms with Crippen LogP contribution < -0.4 is 10.7 Å². The van der Waals surface area contributed by atoms with Crippen molar-refractivity contribution in [2.75, 3.05) is 6.54 Å². The fourth-order valence-electron chi connectivity index (χ4n) is 4.46. The minimum Gasteiger partial charge on any atom is -0.358 e. The average Bonchev–Trinajstić information content (AvgIpc) is 3.64. The fourth-order valence-corrected chi connectivity index (χ4v) is 4.46. The van der Waals surface area contributed by atoms with Crippen LogP contribution in [-0.4, -0.2) is 39.2 Å². The Morgan fingerprint density at radius 1 is 1.10 bits per heavy atom. The molecular weight excluding hydrogens is 376 g/mol. The zero-order valence-electron chi connectivity index (χ0n) is 16.9. The summed E-state index contributed by atoms with van der Waals surface area (Å²) >= 11 is 0. The monoisotopic (exact) mass is 402 g/mol. The molecule has 0 atom stereocenters. The largest absolute Gasteiger partial charge is 0.358 e. The van der Waals surface area contributed by atoms with Gasteiger partial charge in [-0.05, 0) is 80.5 Å². The van der Waals surface area contributed by atoms with Gasteiger partial charge in [0.05, 0.1) is 11.8 Å². The number of nitrogens with one attached hydrogen (secondary N) is 3. The second kappa shape index (κ2) is 7.16. The molecule has 3 saturated carbocycles. The van der Waals surface area contributed by atoms with Gasteiger partial charge in [-0.25, -0.2) is 5.43 Å². The van der Waals surface area contributed by atoms with Gasteiger partial charge in [-0.15, -0.1) is 0 Å². The second-order valence-corrected chi connectivity index (χ2v) is 8.92. The van der Waals surface area contributed by atoms with Crippen molar-refractivity contribution in [3.05, 3.63) is 52.4 Å². The summed E-state index contributed by atoms with van der Waals surface area (Å²) in [5.41, 5.74) is 9.75. The molecule has 1 amide bonds. The van der Waals surface area contributed by atoms with E-state index in [0.29, 0.717) is 28.8 Å². The van der Waals surface area contributed by atoms with Crippen LogP contribution in [0, 0.1) is 0 Å². The van der Waals surface area contributed by atoms with Crippen LogP contribution in [0.15, 0.2) is 29.3 Å². The van der Waals surface area contributed by atoms with Gasteiger partial charge in [0.25, 0.3) is 5.91 Å². The quantitative estimate of drug-likeness (QED) is 0.592. The van der Waals surface area contributed by atoms with Crippen molar-refractivity contribution in [2.45, 2.75) is 62.8 Å². The van der Waals surface area contributed by atoms with E-state index in [1.54, 1.807) is 18.6 Å². The average molecular weight is 403 g/mol. The maximum absolute atomic E-state index is 12.6. The standard InChI is InChI=1S/C23H26N6O/c30-23-17(22(28-29-23)19-12-24-9-10-26-19)11-18-20(13-1-2-13)16(7-8-25-15-5-6-15)21(27-18)14-3-4-14/h9-15,25,27H,1-8H2,(H,29,30). The number of aromatic amines is 1. The molecule has 2 aromatic rings. The summed E-state index contributed by atoms with van der Waals surface area (Å²) in [6, 6.07) is 0.729. The van der Waals surface area contributed by atoms with Crippen molar-refractivity contribution in [3.63, 3.8) is 0 Å². The van der Waals surface area contributed by atoms with E-state index in [-0.39, 0.29) is 5.91 Å². The topological polar surface area (TPSA) is 95.1 Å². The summed E-state index contributed by atoms with van der Waals surface area (Å²) < 4.78 is 0. The Labute approximate surface area is 175 Å². The van der Waals surface area contributed by atoms with Crippen LogP contribution in [0.1, 0.15) is 78.6 Å². The first-order valence-electron chi connectivity index (χ1n) is 11.1. The van der Waals surface area contributed by atoms with Gasteiger partial charge >= 0.3 is 0 Å². The zero-order valence-corrected chi connectivity index (χ0v) is 16.9. The van der Waals surface area contributed by atoms with Gasteiger partial charge in [0.15, 0.2) is 0 Å². The predicted octanol–water partition coefficient (Wildman–Crippen LogP) is 2.77. The number of nitrogens with zero attached hydrogens (tertiary/aromatic N) is 3.